The average Bonchev–Trinajstić information content (AvgIpc) is 2.48. The van der Waals surface area contributed by atoms with Gasteiger partial charge in [-0.15, -0.1) is 0 Å². The minimum Gasteiger partial charge on any atom is -0.394 e. The maximum atomic E-state index is 14.1. The average molecular weight is 288 g/mol. The van der Waals surface area contributed by atoms with E-state index >= 15 is 0 Å². The molecule has 112 valence electrons. The molecule has 0 radical (unpaired) electrons. The standard InChI is InChI=1S/C17H21FN2O/c1-20(2)10-15-8-7-14(9-16(15)18)12-3-5-13(6-4-12)17(19)11-21/h3-9,17,21H,10-11,19H2,1-2H3/t17-/m0/s1. The summed E-state index contributed by atoms with van der Waals surface area (Å²) in [4.78, 5) is 1.93. The summed E-state index contributed by atoms with van der Waals surface area (Å²) in [6, 6.07) is 12.4. The molecule has 0 fully saturated rings. The third-order valence-corrected chi connectivity index (χ3v) is 3.41. The number of hydrogen-bond acceptors (Lipinski definition) is 3. The second-order valence-electron chi connectivity index (χ2n) is 5.46. The zero-order chi connectivity index (χ0) is 15.4. The van der Waals surface area contributed by atoms with E-state index in [2.05, 4.69) is 0 Å². The summed E-state index contributed by atoms with van der Waals surface area (Å²) >= 11 is 0. The van der Waals surface area contributed by atoms with Gasteiger partial charge < -0.3 is 15.7 Å². The van der Waals surface area contributed by atoms with Gasteiger partial charge in [-0.25, -0.2) is 4.39 Å². The highest BCUT2D eigenvalue weighted by molar-refractivity contribution is 5.64. The fraction of sp³-hybridized carbons (Fsp3) is 0.294. The topological polar surface area (TPSA) is 49.5 Å². The molecule has 0 aliphatic heterocycles. The lowest BCUT2D eigenvalue weighted by Crippen LogP contribution is -2.14. The molecule has 2 rings (SSSR count). The van der Waals surface area contributed by atoms with Gasteiger partial charge in [0.15, 0.2) is 0 Å². The molecule has 0 amide bonds. The monoisotopic (exact) mass is 288 g/mol. The number of benzene rings is 2. The lowest BCUT2D eigenvalue weighted by atomic mass is 10.00. The minimum absolute atomic E-state index is 0.0901. The highest BCUT2D eigenvalue weighted by Gasteiger charge is 2.08. The molecule has 2 aromatic rings. The Morgan fingerprint density at radius 1 is 1.10 bits per heavy atom. The molecule has 0 spiro atoms. The Morgan fingerprint density at radius 3 is 2.24 bits per heavy atom. The van der Waals surface area contributed by atoms with Gasteiger partial charge in [-0.2, -0.15) is 0 Å². The molecule has 0 heterocycles. The first-order valence-electron chi connectivity index (χ1n) is 6.91. The van der Waals surface area contributed by atoms with E-state index in [0.717, 1.165) is 16.7 Å². The molecule has 3 N–H and O–H groups in total. The molecule has 0 unspecified atom stereocenters. The van der Waals surface area contributed by atoms with Gasteiger partial charge in [0.2, 0.25) is 0 Å². The van der Waals surface area contributed by atoms with Crippen molar-refractivity contribution < 1.29 is 9.50 Å². The Balaban J connectivity index is 2.24. The summed E-state index contributed by atoms with van der Waals surface area (Å²) in [5.41, 5.74) is 9.07. The Morgan fingerprint density at radius 2 is 1.71 bits per heavy atom. The van der Waals surface area contributed by atoms with E-state index in [4.69, 9.17) is 10.8 Å². The second kappa shape index (κ2) is 6.80. The smallest absolute Gasteiger partial charge is 0.128 e. The third-order valence-electron chi connectivity index (χ3n) is 3.41. The van der Waals surface area contributed by atoms with Crippen molar-refractivity contribution in [3.63, 3.8) is 0 Å². The number of halogens is 1. The van der Waals surface area contributed by atoms with Crippen LogP contribution in [-0.4, -0.2) is 30.7 Å². The lowest BCUT2D eigenvalue weighted by molar-refractivity contribution is 0.268. The third kappa shape index (κ3) is 3.88. The van der Waals surface area contributed by atoms with Gasteiger partial charge in [0.05, 0.1) is 12.6 Å². The maximum Gasteiger partial charge on any atom is 0.128 e. The van der Waals surface area contributed by atoms with Crippen LogP contribution in [0.5, 0.6) is 0 Å². The number of rotatable bonds is 5. The summed E-state index contributed by atoms with van der Waals surface area (Å²) in [6.45, 7) is 0.490. The number of aliphatic hydroxyl groups excluding tert-OH is 1. The van der Waals surface area contributed by atoms with Crippen LogP contribution in [0.25, 0.3) is 11.1 Å². The van der Waals surface area contributed by atoms with Gasteiger partial charge in [-0.3, -0.25) is 0 Å². The van der Waals surface area contributed by atoms with Crippen LogP contribution in [0, 0.1) is 5.82 Å². The molecule has 0 saturated carbocycles. The number of nitrogens with two attached hydrogens (primary N) is 1. The van der Waals surface area contributed by atoms with Crippen molar-refractivity contribution in [3.8, 4) is 11.1 Å². The van der Waals surface area contributed by atoms with Gasteiger partial charge in [-0.1, -0.05) is 36.4 Å². The molecule has 0 bridgehead atoms. The highest BCUT2D eigenvalue weighted by Crippen LogP contribution is 2.24. The second-order valence-corrected chi connectivity index (χ2v) is 5.46. The maximum absolute atomic E-state index is 14.1. The SMILES string of the molecule is CN(C)Cc1ccc(-c2ccc([C@@H](N)CO)cc2)cc1F. The largest absolute Gasteiger partial charge is 0.394 e. The van der Waals surface area contributed by atoms with Crippen molar-refractivity contribution in [1.82, 2.24) is 4.90 Å². The van der Waals surface area contributed by atoms with Gasteiger partial charge in [0.1, 0.15) is 5.82 Å². The van der Waals surface area contributed by atoms with E-state index in [1.807, 2.05) is 55.4 Å². The number of hydrogen-bond donors (Lipinski definition) is 2. The molecule has 21 heavy (non-hydrogen) atoms. The number of aliphatic hydroxyl groups is 1. The van der Waals surface area contributed by atoms with E-state index in [-0.39, 0.29) is 18.5 Å². The Hall–Kier alpha value is -1.75. The van der Waals surface area contributed by atoms with Gasteiger partial charge in [-0.05, 0) is 36.9 Å². The Bertz CT molecular complexity index is 596. The van der Waals surface area contributed by atoms with E-state index in [9.17, 15) is 4.39 Å². The van der Waals surface area contributed by atoms with E-state index in [1.54, 1.807) is 6.07 Å². The van der Waals surface area contributed by atoms with E-state index in [1.165, 1.54) is 0 Å². The molecular formula is C17H21FN2O. The van der Waals surface area contributed by atoms with Crippen LogP contribution in [0.15, 0.2) is 42.5 Å². The first-order chi connectivity index (χ1) is 10.0. The minimum atomic E-state index is -0.377. The molecule has 2 aromatic carbocycles. The quantitative estimate of drug-likeness (QED) is 0.889. The Labute approximate surface area is 124 Å². The van der Waals surface area contributed by atoms with Gasteiger partial charge in [0.25, 0.3) is 0 Å². The van der Waals surface area contributed by atoms with E-state index in [0.29, 0.717) is 12.1 Å². The molecule has 0 aliphatic rings. The van der Waals surface area contributed by atoms with Crippen LogP contribution in [0.4, 0.5) is 4.39 Å². The first kappa shape index (κ1) is 15.6. The van der Waals surface area contributed by atoms with Crippen molar-refractivity contribution in [2.45, 2.75) is 12.6 Å². The van der Waals surface area contributed by atoms with Crippen LogP contribution >= 0.6 is 0 Å². The predicted molar refractivity (Wildman–Crippen MR) is 83.2 cm³/mol. The van der Waals surface area contributed by atoms with Gasteiger partial charge in [0, 0.05) is 12.1 Å². The zero-order valence-corrected chi connectivity index (χ0v) is 12.4. The van der Waals surface area contributed by atoms with Crippen LogP contribution in [0.2, 0.25) is 0 Å². The fourth-order valence-electron chi connectivity index (χ4n) is 2.22. The Kier molecular flexibility index (Phi) is 5.07. The zero-order valence-electron chi connectivity index (χ0n) is 12.4. The summed E-state index contributed by atoms with van der Waals surface area (Å²) in [6.07, 6.45) is 0. The van der Waals surface area contributed by atoms with Crippen LogP contribution in [0.1, 0.15) is 17.2 Å². The van der Waals surface area contributed by atoms with Crippen LogP contribution in [-0.2, 0) is 6.54 Å². The van der Waals surface area contributed by atoms with Crippen molar-refractivity contribution in [2.24, 2.45) is 5.73 Å². The van der Waals surface area contributed by atoms with Crippen molar-refractivity contribution >= 4 is 0 Å². The predicted octanol–water partition coefficient (Wildman–Crippen LogP) is 2.55. The molecule has 3 nitrogen and oxygen atoms in total. The molecule has 0 saturated heterocycles. The molecule has 1 atom stereocenters. The van der Waals surface area contributed by atoms with Crippen LogP contribution < -0.4 is 5.73 Å². The summed E-state index contributed by atoms with van der Waals surface area (Å²) in [5.74, 6) is -0.197. The molecular weight excluding hydrogens is 267 g/mol. The summed E-state index contributed by atoms with van der Waals surface area (Å²) < 4.78 is 14.1. The van der Waals surface area contributed by atoms with Crippen molar-refractivity contribution in [1.29, 1.82) is 0 Å². The van der Waals surface area contributed by atoms with E-state index < -0.39 is 0 Å². The lowest BCUT2D eigenvalue weighted by Gasteiger charge is -2.12. The summed E-state index contributed by atoms with van der Waals surface area (Å²) in [5, 5.41) is 9.03. The summed E-state index contributed by atoms with van der Waals surface area (Å²) in [7, 11) is 3.83. The van der Waals surface area contributed by atoms with Crippen molar-refractivity contribution in [2.75, 3.05) is 20.7 Å². The normalized spacial score (nSPS) is 12.7. The molecule has 4 heteroatoms. The van der Waals surface area contributed by atoms with Crippen molar-refractivity contribution in [3.05, 3.63) is 59.4 Å². The highest BCUT2D eigenvalue weighted by atomic mass is 19.1. The molecule has 0 aromatic heterocycles. The fourth-order valence-corrected chi connectivity index (χ4v) is 2.22. The van der Waals surface area contributed by atoms with Gasteiger partial charge >= 0.3 is 0 Å². The van der Waals surface area contributed by atoms with Crippen LogP contribution in [0.3, 0.4) is 0 Å². The molecule has 0 aliphatic carbocycles. The number of nitrogens with zero attached hydrogens (tertiary/aromatic N) is 1. The first-order valence-corrected chi connectivity index (χ1v) is 6.91.